The zero-order valence-corrected chi connectivity index (χ0v) is 14.5. The zero-order chi connectivity index (χ0) is 20.7. The summed E-state index contributed by atoms with van der Waals surface area (Å²) in [5, 5.41) is 11.6. The van der Waals surface area contributed by atoms with Gasteiger partial charge in [0.1, 0.15) is 29.0 Å². The first-order valence-corrected chi connectivity index (χ1v) is 8.27. The van der Waals surface area contributed by atoms with E-state index in [9.17, 15) is 28.7 Å². The minimum Gasteiger partial charge on any atom is -0.508 e. The van der Waals surface area contributed by atoms with E-state index in [1.54, 1.807) is 0 Å². The van der Waals surface area contributed by atoms with Crippen LogP contribution in [0.1, 0.15) is 5.56 Å². The number of halogens is 1. The number of barbiturate groups is 1. The number of phenolic OH excluding ortho intramolecular Hbond substituents is 1. The molecule has 1 aliphatic heterocycles. The number of benzene rings is 2. The number of aromatic hydroxyl groups is 1. The Morgan fingerprint density at radius 1 is 1.03 bits per heavy atom. The van der Waals surface area contributed by atoms with Crippen molar-refractivity contribution in [1.82, 2.24) is 5.32 Å². The van der Waals surface area contributed by atoms with E-state index in [1.165, 1.54) is 30.3 Å². The molecule has 0 unspecified atom stereocenters. The van der Waals surface area contributed by atoms with Crippen LogP contribution >= 0.6 is 0 Å². The maximum absolute atomic E-state index is 13.1. The number of phenols is 1. The van der Waals surface area contributed by atoms with Gasteiger partial charge >= 0.3 is 6.03 Å². The summed E-state index contributed by atoms with van der Waals surface area (Å²) < 4.78 is 18.4. The lowest BCUT2D eigenvalue weighted by molar-refractivity contribution is -0.122. The molecular weight excluding hydrogens is 383 g/mol. The van der Waals surface area contributed by atoms with E-state index in [-0.39, 0.29) is 28.0 Å². The molecule has 144 valence electrons. The van der Waals surface area contributed by atoms with Crippen LogP contribution in [0.15, 0.2) is 63.5 Å². The maximum Gasteiger partial charge on any atom is 0.335 e. The zero-order valence-electron chi connectivity index (χ0n) is 14.5. The molecule has 4 amide bonds. The van der Waals surface area contributed by atoms with Crippen molar-refractivity contribution in [2.24, 2.45) is 0 Å². The number of hydrogen-bond acceptors (Lipinski definition) is 6. The molecule has 2 N–H and O–H groups in total. The van der Waals surface area contributed by atoms with E-state index in [0.29, 0.717) is 4.90 Å². The predicted octanol–water partition coefficient (Wildman–Crippen LogP) is 2.30. The monoisotopic (exact) mass is 394 g/mol. The van der Waals surface area contributed by atoms with E-state index in [2.05, 4.69) is 0 Å². The van der Waals surface area contributed by atoms with Crippen LogP contribution in [0.3, 0.4) is 0 Å². The van der Waals surface area contributed by atoms with Gasteiger partial charge in [-0.3, -0.25) is 19.7 Å². The van der Waals surface area contributed by atoms with Crippen molar-refractivity contribution in [2.45, 2.75) is 0 Å². The van der Waals surface area contributed by atoms with Crippen LogP contribution in [0.4, 0.5) is 14.9 Å². The molecule has 0 aliphatic carbocycles. The van der Waals surface area contributed by atoms with Crippen molar-refractivity contribution >= 4 is 40.6 Å². The third kappa shape index (κ3) is 3.14. The van der Waals surface area contributed by atoms with Gasteiger partial charge in [-0.05, 0) is 42.5 Å². The van der Waals surface area contributed by atoms with E-state index in [1.807, 2.05) is 5.32 Å². The lowest BCUT2D eigenvalue weighted by atomic mass is 10.1. The molecule has 3 aromatic rings. The number of urea groups is 1. The number of imide groups is 2. The molecule has 1 fully saturated rings. The summed E-state index contributed by atoms with van der Waals surface area (Å²) in [5.74, 6) is -2.62. The molecular formula is C20H11FN2O6. The summed E-state index contributed by atoms with van der Waals surface area (Å²) in [6.45, 7) is 0. The number of carbonyl (C=O) groups is 3. The van der Waals surface area contributed by atoms with Crippen LogP contribution in [-0.4, -0.2) is 23.0 Å². The highest BCUT2D eigenvalue weighted by atomic mass is 19.1. The number of nitrogens with zero attached hydrogens (tertiary/aromatic N) is 1. The number of anilines is 1. The quantitative estimate of drug-likeness (QED) is 0.509. The third-order valence-corrected chi connectivity index (χ3v) is 4.27. The standard InChI is InChI=1S/C20H11FN2O6/c21-11-1-3-12(4-2-11)23-19(27)15(18(26)22-20(23)28)7-10-9-29-16-8-13(24)5-6-14(16)17(10)25/h1-9,24H,(H,22,26,28). The smallest absolute Gasteiger partial charge is 0.335 e. The van der Waals surface area contributed by atoms with Crippen molar-refractivity contribution in [2.75, 3.05) is 4.90 Å². The number of fused-ring (bicyclic) bond motifs is 1. The SMILES string of the molecule is O=C1NC(=O)N(c2ccc(F)cc2)C(=O)C1=Cc1coc2cc(O)ccc2c1=O. The van der Waals surface area contributed by atoms with E-state index < -0.39 is 34.7 Å². The van der Waals surface area contributed by atoms with Gasteiger partial charge in [-0.25, -0.2) is 14.1 Å². The lowest BCUT2D eigenvalue weighted by Crippen LogP contribution is -2.54. The van der Waals surface area contributed by atoms with Gasteiger partial charge in [0.05, 0.1) is 16.6 Å². The summed E-state index contributed by atoms with van der Waals surface area (Å²) in [5.41, 5.74) is -0.938. The van der Waals surface area contributed by atoms with E-state index in [4.69, 9.17) is 4.42 Å². The summed E-state index contributed by atoms with van der Waals surface area (Å²) in [6.07, 6.45) is 2.05. The van der Waals surface area contributed by atoms with Crippen LogP contribution in [0.25, 0.3) is 17.0 Å². The van der Waals surface area contributed by atoms with Crippen LogP contribution < -0.4 is 15.6 Å². The minimum atomic E-state index is -0.996. The molecule has 1 saturated heterocycles. The van der Waals surface area contributed by atoms with Gasteiger partial charge in [-0.15, -0.1) is 0 Å². The number of nitrogens with one attached hydrogen (secondary N) is 1. The van der Waals surface area contributed by atoms with Crippen molar-refractivity contribution in [1.29, 1.82) is 0 Å². The summed E-state index contributed by atoms with van der Waals surface area (Å²) >= 11 is 0. The highest BCUT2D eigenvalue weighted by molar-refractivity contribution is 6.39. The highest BCUT2D eigenvalue weighted by Gasteiger charge is 2.37. The Morgan fingerprint density at radius 3 is 2.48 bits per heavy atom. The molecule has 2 heterocycles. The molecule has 4 rings (SSSR count). The molecule has 0 saturated carbocycles. The lowest BCUT2D eigenvalue weighted by Gasteiger charge is -2.26. The fraction of sp³-hybridized carbons (Fsp3) is 0. The second-order valence-corrected chi connectivity index (χ2v) is 6.13. The maximum atomic E-state index is 13.1. The molecule has 1 aliphatic rings. The van der Waals surface area contributed by atoms with Gasteiger partial charge in [0, 0.05) is 6.07 Å². The first-order chi connectivity index (χ1) is 13.8. The van der Waals surface area contributed by atoms with Gasteiger partial charge in [0.2, 0.25) is 0 Å². The first-order valence-electron chi connectivity index (χ1n) is 8.27. The number of carbonyl (C=O) groups excluding carboxylic acids is 3. The Hall–Kier alpha value is -4.27. The average Bonchev–Trinajstić information content (AvgIpc) is 2.68. The van der Waals surface area contributed by atoms with Gasteiger partial charge in [-0.1, -0.05) is 0 Å². The van der Waals surface area contributed by atoms with Crippen molar-refractivity contribution in [3.05, 3.63) is 75.9 Å². The number of rotatable bonds is 2. The molecule has 0 spiro atoms. The summed E-state index contributed by atoms with van der Waals surface area (Å²) in [7, 11) is 0. The molecule has 2 aromatic carbocycles. The topological polar surface area (TPSA) is 117 Å². The van der Waals surface area contributed by atoms with Crippen molar-refractivity contribution in [3.63, 3.8) is 0 Å². The fourth-order valence-corrected chi connectivity index (χ4v) is 2.87. The summed E-state index contributed by atoms with van der Waals surface area (Å²) in [4.78, 5) is 50.4. The minimum absolute atomic E-state index is 0.0494. The molecule has 1 aromatic heterocycles. The van der Waals surface area contributed by atoms with E-state index in [0.717, 1.165) is 24.5 Å². The largest absolute Gasteiger partial charge is 0.508 e. The van der Waals surface area contributed by atoms with Crippen molar-refractivity contribution < 1.29 is 28.3 Å². The van der Waals surface area contributed by atoms with Crippen LogP contribution in [0.5, 0.6) is 5.75 Å². The summed E-state index contributed by atoms with van der Waals surface area (Å²) in [6, 6.07) is 7.42. The molecule has 9 heteroatoms. The average molecular weight is 394 g/mol. The Morgan fingerprint density at radius 2 is 1.76 bits per heavy atom. The van der Waals surface area contributed by atoms with Gasteiger partial charge in [-0.2, -0.15) is 0 Å². The van der Waals surface area contributed by atoms with Crippen molar-refractivity contribution in [3.8, 4) is 5.75 Å². The van der Waals surface area contributed by atoms with E-state index >= 15 is 0 Å². The molecule has 8 nitrogen and oxygen atoms in total. The highest BCUT2D eigenvalue weighted by Crippen LogP contribution is 2.23. The van der Waals surface area contributed by atoms with Gasteiger partial charge in [0.25, 0.3) is 11.8 Å². The molecule has 0 bridgehead atoms. The van der Waals surface area contributed by atoms with Crippen LogP contribution in [0, 0.1) is 5.82 Å². The predicted molar refractivity (Wildman–Crippen MR) is 99.6 cm³/mol. The molecule has 0 atom stereocenters. The fourth-order valence-electron chi connectivity index (χ4n) is 2.87. The molecule has 29 heavy (non-hydrogen) atoms. The molecule has 0 radical (unpaired) electrons. The Balaban J connectivity index is 1.80. The van der Waals surface area contributed by atoms with Gasteiger partial charge < -0.3 is 9.52 Å². The Labute approximate surface area is 161 Å². The Bertz CT molecular complexity index is 1280. The second kappa shape index (κ2) is 6.71. The first kappa shape index (κ1) is 18.1. The number of amides is 4. The Kier molecular flexibility index (Phi) is 4.19. The van der Waals surface area contributed by atoms with Gasteiger partial charge in [0.15, 0.2) is 5.43 Å². The van der Waals surface area contributed by atoms with Crippen LogP contribution in [-0.2, 0) is 9.59 Å². The van der Waals surface area contributed by atoms with Crippen LogP contribution in [0.2, 0.25) is 0 Å². The third-order valence-electron chi connectivity index (χ3n) is 4.27. The number of hydrogen-bond donors (Lipinski definition) is 2. The second-order valence-electron chi connectivity index (χ2n) is 6.13. The normalized spacial score (nSPS) is 15.8.